The van der Waals surface area contributed by atoms with Gasteiger partial charge in [-0.05, 0) is 38.5 Å². The number of aromatic nitrogens is 1. The van der Waals surface area contributed by atoms with Crippen LogP contribution in [0.2, 0.25) is 0 Å². The molecule has 1 fully saturated rings. The van der Waals surface area contributed by atoms with E-state index in [0.29, 0.717) is 23.4 Å². The Morgan fingerprint density at radius 2 is 2.00 bits per heavy atom. The number of aryl methyl sites for hydroxylation is 1. The maximum Gasteiger partial charge on any atom is 0.253 e. The molecule has 7 heteroatoms. The molecule has 1 atom stereocenters. The summed E-state index contributed by atoms with van der Waals surface area (Å²) in [5, 5.41) is 2.77. The Kier molecular flexibility index (Phi) is 4.21. The number of sulfone groups is 1. The molecule has 0 unspecified atom stereocenters. The topological polar surface area (TPSA) is 68.2 Å². The zero-order valence-corrected chi connectivity index (χ0v) is 14.4. The number of nitrogens with one attached hydrogen (secondary N) is 1. The number of para-hydroxylation sites is 1. The van der Waals surface area contributed by atoms with Gasteiger partial charge in [-0.25, -0.2) is 12.8 Å². The van der Waals surface area contributed by atoms with E-state index in [1.807, 2.05) is 0 Å². The summed E-state index contributed by atoms with van der Waals surface area (Å²) >= 11 is 0. The fraction of sp³-hybridized carbons (Fsp3) is 0.353. The molecule has 1 saturated heterocycles. The van der Waals surface area contributed by atoms with Crippen molar-refractivity contribution in [1.82, 2.24) is 9.88 Å². The Morgan fingerprint density at radius 1 is 1.29 bits per heavy atom. The number of hydrogen-bond acceptors (Lipinski definition) is 3. The van der Waals surface area contributed by atoms with E-state index in [0.717, 1.165) is 5.69 Å². The van der Waals surface area contributed by atoms with Crippen molar-refractivity contribution in [2.24, 2.45) is 0 Å². The van der Waals surface area contributed by atoms with E-state index in [1.54, 1.807) is 42.7 Å². The van der Waals surface area contributed by atoms with E-state index < -0.39 is 9.84 Å². The van der Waals surface area contributed by atoms with Crippen molar-refractivity contribution in [2.45, 2.75) is 26.3 Å². The van der Waals surface area contributed by atoms with E-state index >= 15 is 0 Å². The van der Waals surface area contributed by atoms with Gasteiger partial charge in [0.25, 0.3) is 5.91 Å². The summed E-state index contributed by atoms with van der Waals surface area (Å²) in [6, 6.07) is 7.71. The first-order valence-corrected chi connectivity index (χ1v) is 9.56. The maximum absolute atomic E-state index is 14.1. The minimum absolute atomic E-state index is 0.0230. The highest BCUT2D eigenvalue weighted by Gasteiger charge is 2.30. The van der Waals surface area contributed by atoms with Gasteiger partial charge in [-0.3, -0.25) is 4.79 Å². The van der Waals surface area contributed by atoms with Crippen LogP contribution in [-0.4, -0.2) is 36.4 Å². The van der Waals surface area contributed by atoms with Crippen molar-refractivity contribution in [3.63, 3.8) is 0 Å². The molecule has 0 saturated carbocycles. The van der Waals surface area contributed by atoms with Crippen LogP contribution in [0.15, 0.2) is 30.3 Å². The summed E-state index contributed by atoms with van der Waals surface area (Å²) < 4.78 is 38.8. The van der Waals surface area contributed by atoms with Crippen LogP contribution in [0.3, 0.4) is 0 Å². The lowest BCUT2D eigenvalue weighted by atomic mass is 10.2. The number of carbonyl (C=O) groups is 1. The highest BCUT2D eigenvalue weighted by atomic mass is 32.2. The first-order valence-electron chi connectivity index (χ1n) is 7.73. The Morgan fingerprint density at radius 3 is 2.62 bits per heavy atom. The third-order valence-electron chi connectivity index (χ3n) is 4.34. The summed E-state index contributed by atoms with van der Waals surface area (Å²) in [4.78, 5) is 12.5. The van der Waals surface area contributed by atoms with Crippen molar-refractivity contribution < 1.29 is 17.6 Å². The number of benzene rings is 1. The van der Waals surface area contributed by atoms with Crippen molar-refractivity contribution in [3.05, 3.63) is 53.1 Å². The van der Waals surface area contributed by atoms with E-state index in [2.05, 4.69) is 5.32 Å². The monoisotopic (exact) mass is 350 g/mol. The molecule has 1 aliphatic rings. The molecule has 1 aromatic heterocycles. The summed E-state index contributed by atoms with van der Waals surface area (Å²) in [5.74, 6) is -0.613. The van der Waals surface area contributed by atoms with Crippen LogP contribution >= 0.6 is 0 Å². The predicted octanol–water partition coefficient (Wildman–Crippen LogP) is 2.15. The van der Waals surface area contributed by atoms with Crippen molar-refractivity contribution in [2.75, 3.05) is 11.5 Å². The van der Waals surface area contributed by atoms with Crippen LogP contribution in [0.5, 0.6) is 0 Å². The molecule has 0 bridgehead atoms. The number of amides is 1. The Balaban J connectivity index is 1.89. The van der Waals surface area contributed by atoms with Crippen LogP contribution in [0, 0.1) is 19.7 Å². The summed E-state index contributed by atoms with van der Waals surface area (Å²) in [7, 11) is -3.05. The molecule has 24 heavy (non-hydrogen) atoms. The zero-order valence-electron chi connectivity index (χ0n) is 13.5. The highest BCUT2D eigenvalue weighted by molar-refractivity contribution is 7.91. The first-order chi connectivity index (χ1) is 11.3. The molecule has 5 nitrogen and oxygen atoms in total. The molecule has 3 rings (SSSR count). The average molecular weight is 350 g/mol. The number of halogens is 1. The van der Waals surface area contributed by atoms with Gasteiger partial charge in [0.15, 0.2) is 9.84 Å². The average Bonchev–Trinajstić information content (AvgIpc) is 2.99. The normalized spacial score (nSPS) is 19.4. The second kappa shape index (κ2) is 6.05. The minimum Gasteiger partial charge on any atom is -0.348 e. The fourth-order valence-corrected chi connectivity index (χ4v) is 4.84. The number of hydrogen-bond donors (Lipinski definition) is 1. The molecule has 128 valence electrons. The second-order valence-corrected chi connectivity index (χ2v) is 8.37. The molecule has 1 N–H and O–H groups in total. The molecular weight excluding hydrogens is 331 g/mol. The van der Waals surface area contributed by atoms with Crippen LogP contribution in [0.4, 0.5) is 4.39 Å². The van der Waals surface area contributed by atoms with Gasteiger partial charge in [-0.1, -0.05) is 12.1 Å². The van der Waals surface area contributed by atoms with Gasteiger partial charge in [-0.15, -0.1) is 0 Å². The van der Waals surface area contributed by atoms with Gasteiger partial charge in [-0.2, -0.15) is 0 Å². The van der Waals surface area contributed by atoms with E-state index in [4.69, 9.17) is 0 Å². The maximum atomic E-state index is 14.1. The molecular formula is C17H19FN2O3S. The Hall–Kier alpha value is -2.15. The number of rotatable bonds is 3. The fourth-order valence-electron chi connectivity index (χ4n) is 3.17. The molecule has 2 aromatic rings. The summed E-state index contributed by atoms with van der Waals surface area (Å²) in [6.45, 7) is 3.55. The van der Waals surface area contributed by atoms with Crippen molar-refractivity contribution in [3.8, 4) is 5.69 Å². The van der Waals surface area contributed by atoms with E-state index in [-0.39, 0.29) is 29.3 Å². The van der Waals surface area contributed by atoms with Crippen molar-refractivity contribution >= 4 is 15.7 Å². The third-order valence-corrected chi connectivity index (χ3v) is 6.10. The van der Waals surface area contributed by atoms with Gasteiger partial charge in [0, 0.05) is 17.4 Å². The largest absolute Gasteiger partial charge is 0.348 e. The smallest absolute Gasteiger partial charge is 0.253 e. The van der Waals surface area contributed by atoms with Crippen LogP contribution in [0.1, 0.15) is 28.2 Å². The molecule has 1 aromatic carbocycles. The van der Waals surface area contributed by atoms with E-state index in [9.17, 15) is 17.6 Å². The predicted molar refractivity (Wildman–Crippen MR) is 89.7 cm³/mol. The molecule has 0 spiro atoms. The van der Waals surface area contributed by atoms with Gasteiger partial charge < -0.3 is 9.88 Å². The van der Waals surface area contributed by atoms with Gasteiger partial charge in [0.1, 0.15) is 5.82 Å². The molecule has 2 heterocycles. The lowest BCUT2D eigenvalue weighted by Gasteiger charge is -2.12. The van der Waals surface area contributed by atoms with Crippen LogP contribution < -0.4 is 5.32 Å². The molecule has 0 radical (unpaired) electrons. The lowest BCUT2D eigenvalue weighted by Crippen LogP contribution is -2.35. The lowest BCUT2D eigenvalue weighted by molar-refractivity contribution is 0.0940. The number of carbonyl (C=O) groups excluding carboxylic acids is 1. The summed E-state index contributed by atoms with van der Waals surface area (Å²) in [5.41, 5.74) is 2.17. The first kappa shape index (κ1) is 16.7. The zero-order chi connectivity index (χ0) is 17.5. The van der Waals surface area contributed by atoms with Gasteiger partial charge in [0.2, 0.25) is 0 Å². The quantitative estimate of drug-likeness (QED) is 0.922. The molecule has 0 aliphatic carbocycles. The third kappa shape index (κ3) is 3.08. The standard InChI is InChI=1S/C17H19FN2O3S/c1-11-9-14(17(21)19-13-7-8-24(22,23)10-13)12(2)20(11)16-6-4-3-5-15(16)18/h3-6,9,13H,7-8,10H2,1-2H3,(H,19,21)/t13-/m0/s1. The van der Waals surface area contributed by atoms with E-state index in [1.165, 1.54) is 6.07 Å². The Labute approximate surface area is 140 Å². The van der Waals surface area contributed by atoms with Crippen molar-refractivity contribution in [1.29, 1.82) is 0 Å². The van der Waals surface area contributed by atoms with Gasteiger partial charge in [0.05, 0.1) is 22.8 Å². The van der Waals surface area contributed by atoms with Crippen LogP contribution in [-0.2, 0) is 9.84 Å². The Bertz CT molecular complexity index is 903. The summed E-state index contributed by atoms with van der Waals surface area (Å²) in [6.07, 6.45) is 0.431. The molecule has 1 aliphatic heterocycles. The van der Waals surface area contributed by atoms with Crippen LogP contribution in [0.25, 0.3) is 5.69 Å². The minimum atomic E-state index is -3.05. The van der Waals surface area contributed by atoms with Gasteiger partial charge >= 0.3 is 0 Å². The second-order valence-electron chi connectivity index (χ2n) is 6.15. The molecule has 1 amide bonds. The highest BCUT2D eigenvalue weighted by Crippen LogP contribution is 2.23. The number of nitrogens with zero attached hydrogens (tertiary/aromatic N) is 1. The SMILES string of the molecule is Cc1cc(C(=O)N[C@H]2CCS(=O)(=O)C2)c(C)n1-c1ccccc1F.